The van der Waals surface area contributed by atoms with Crippen molar-refractivity contribution < 1.29 is 14.8 Å². The van der Waals surface area contributed by atoms with Gasteiger partial charge >= 0.3 is 7.12 Å². The number of hydrogen-bond acceptors (Lipinski definition) is 4. The molecule has 0 aromatic carbocycles. The van der Waals surface area contributed by atoms with E-state index in [-0.39, 0.29) is 16.9 Å². The van der Waals surface area contributed by atoms with Crippen molar-refractivity contribution in [3.05, 3.63) is 24.0 Å². The van der Waals surface area contributed by atoms with E-state index in [0.717, 1.165) is 0 Å². The Morgan fingerprint density at radius 2 is 2.31 bits per heavy atom. The van der Waals surface area contributed by atoms with Crippen molar-refractivity contribution in [3.8, 4) is 0 Å². The van der Waals surface area contributed by atoms with Gasteiger partial charge in [-0.2, -0.15) is 0 Å². The second-order valence-electron chi connectivity index (χ2n) is 2.62. The molecule has 1 aromatic rings. The Bertz CT molecular complexity index is 314. The van der Waals surface area contributed by atoms with Gasteiger partial charge in [-0.1, -0.05) is 6.92 Å². The highest BCUT2D eigenvalue weighted by molar-refractivity contribution is 6.58. The summed E-state index contributed by atoms with van der Waals surface area (Å²) in [6.45, 7) is 1.73. The average Bonchev–Trinajstić information content (AvgIpc) is 2.17. The molecule has 0 atom stereocenters. The molecule has 0 saturated carbocycles. The van der Waals surface area contributed by atoms with E-state index in [4.69, 9.17) is 10.0 Å². The summed E-state index contributed by atoms with van der Waals surface area (Å²) in [6.07, 6.45) is 1.75. The molecule has 1 heterocycles. The van der Waals surface area contributed by atoms with E-state index in [0.29, 0.717) is 6.42 Å². The minimum atomic E-state index is -1.55. The SMILES string of the molecule is CCC(=O)c1cc(B(O)O)ccn1. The number of pyridine rings is 1. The Hall–Kier alpha value is -1.20. The van der Waals surface area contributed by atoms with Crippen LogP contribution in [0.25, 0.3) is 0 Å². The summed E-state index contributed by atoms with van der Waals surface area (Å²) < 4.78 is 0. The number of carbonyl (C=O) groups is 1. The Balaban J connectivity index is 2.98. The highest BCUT2D eigenvalue weighted by atomic mass is 16.4. The molecule has 5 heteroatoms. The van der Waals surface area contributed by atoms with E-state index >= 15 is 0 Å². The van der Waals surface area contributed by atoms with Gasteiger partial charge in [-0.15, -0.1) is 0 Å². The van der Waals surface area contributed by atoms with Gasteiger partial charge in [0.05, 0.1) is 0 Å². The van der Waals surface area contributed by atoms with E-state index in [9.17, 15) is 4.79 Å². The first kappa shape index (κ1) is 9.89. The molecule has 0 unspecified atom stereocenters. The minimum absolute atomic E-state index is 0.109. The van der Waals surface area contributed by atoms with E-state index in [1.54, 1.807) is 6.92 Å². The summed E-state index contributed by atoms with van der Waals surface area (Å²) in [5.41, 5.74) is 0.555. The standard InChI is InChI=1S/C8H10BNO3/c1-2-8(11)7-5-6(9(12)13)3-4-10-7/h3-5,12-13H,2H2,1H3. The first-order chi connectivity index (χ1) is 6.15. The normalized spacial score (nSPS) is 9.77. The highest BCUT2D eigenvalue weighted by Gasteiger charge is 2.13. The topological polar surface area (TPSA) is 70.4 Å². The number of aromatic nitrogens is 1. The third kappa shape index (κ3) is 2.37. The number of Topliss-reactive ketones (excluding diaryl/α,β-unsaturated/α-hetero) is 1. The van der Waals surface area contributed by atoms with Crippen LogP contribution in [0.2, 0.25) is 0 Å². The predicted molar refractivity (Wildman–Crippen MR) is 48.7 cm³/mol. The molecule has 0 spiro atoms. The molecule has 0 amide bonds. The lowest BCUT2D eigenvalue weighted by Crippen LogP contribution is -2.30. The third-order valence-electron chi connectivity index (χ3n) is 1.69. The molecule has 0 saturated heterocycles. The number of ketones is 1. The van der Waals surface area contributed by atoms with Gasteiger partial charge in [0.2, 0.25) is 0 Å². The predicted octanol–water partition coefficient (Wildman–Crippen LogP) is -0.646. The number of nitrogens with zero attached hydrogens (tertiary/aromatic N) is 1. The van der Waals surface area contributed by atoms with Crippen LogP contribution < -0.4 is 5.46 Å². The summed E-state index contributed by atoms with van der Waals surface area (Å²) in [7, 11) is -1.55. The molecule has 4 nitrogen and oxygen atoms in total. The Labute approximate surface area is 76.4 Å². The third-order valence-corrected chi connectivity index (χ3v) is 1.69. The molecule has 0 aliphatic heterocycles. The summed E-state index contributed by atoms with van der Waals surface area (Å²) in [5, 5.41) is 17.6. The van der Waals surface area contributed by atoms with E-state index in [1.807, 2.05) is 0 Å². The fraction of sp³-hybridized carbons (Fsp3) is 0.250. The minimum Gasteiger partial charge on any atom is -0.423 e. The van der Waals surface area contributed by atoms with Gasteiger partial charge in [-0.25, -0.2) is 0 Å². The maximum Gasteiger partial charge on any atom is 0.488 e. The van der Waals surface area contributed by atoms with Crippen LogP contribution in [0.15, 0.2) is 18.3 Å². The summed E-state index contributed by atoms with van der Waals surface area (Å²) in [6, 6.07) is 2.84. The molecule has 1 aromatic heterocycles. The Kier molecular flexibility index (Phi) is 3.16. The summed E-state index contributed by atoms with van der Waals surface area (Å²) in [5.74, 6) is -0.109. The van der Waals surface area contributed by atoms with Gasteiger partial charge < -0.3 is 10.0 Å². The molecule has 13 heavy (non-hydrogen) atoms. The van der Waals surface area contributed by atoms with Gasteiger partial charge in [0.15, 0.2) is 5.78 Å². The smallest absolute Gasteiger partial charge is 0.423 e. The lowest BCUT2D eigenvalue weighted by molar-refractivity contribution is 0.0983. The molecular formula is C8H10BNO3. The monoisotopic (exact) mass is 179 g/mol. The van der Waals surface area contributed by atoms with Crippen LogP contribution in [0.1, 0.15) is 23.8 Å². The van der Waals surface area contributed by atoms with Crippen LogP contribution >= 0.6 is 0 Å². The van der Waals surface area contributed by atoms with Crippen molar-refractivity contribution in [1.82, 2.24) is 4.98 Å². The van der Waals surface area contributed by atoms with Crippen molar-refractivity contribution in [2.75, 3.05) is 0 Å². The quantitative estimate of drug-likeness (QED) is 0.478. The van der Waals surface area contributed by atoms with Crippen LogP contribution in [-0.4, -0.2) is 27.9 Å². The molecule has 0 radical (unpaired) electrons. The molecule has 2 N–H and O–H groups in total. The maximum atomic E-state index is 11.2. The highest BCUT2D eigenvalue weighted by Crippen LogP contribution is 1.96. The molecule has 0 aliphatic rings. The van der Waals surface area contributed by atoms with Crippen molar-refractivity contribution in [2.45, 2.75) is 13.3 Å². The summed E-state index contributed by atoms with van der Waals surface area (Å²) in [4.78, 5) is 15.0. The van der Waals surface area contributed by atoms with Crippen LogP contribution in [0.3, 0.4) is 0 Å². The molecule has 0 fully saturated rings. The summed E-state index contributed by atoms with van der Waals surface area (Å²) >= 11 is 0. The van der Waals surface area contributed by atoms with Gasteiger partial charge in [0.25, 0.3) is 0 Å². The molecule has 68 valence electrons. The molecule has 0 bridgehead atoms. The molecule has 1 rings (SSSR count). The van der Waals surface area contributed by atoms with Crippen molar-refractivity contribution >= 4 is 18.4 Å². The van der Waals surface area contributed by atoms with Crippen molar-refractivity contribution in [1.29, 1.82) is 0 Å². The number of carbonyl (C=O) groups excluding carboxylic acids is 1. The zero-order chi connectivity index (χ0) is 9.84. The Morgan fingerprint density at radius 3 is 2.85 bits per heavy atom. The first-order valence-electron chi connectivity index (χ1n) is 4.00. The van der Waals surface area contributed by atoms with Crippen LogP contribution in [0.5, 0.6) is 0 Å². The van der Waals surface area contributed by atoms with Gasteiger partial charge in [0, 0.05) is 12.6 Å². The fourth-order valence-corrected chi connectivity index (χ4v) is 0.941. The Morgan fingerprint density at radius 1 is 1.62 bits per heavy atom. The van der Waals surface area contributed by atoms with Crippen molar-refractivity contribution in [3.63, 3.8) is 0 Å². The zero-order valence-corrected chi connectivity index (χ0v) is 7.27. The van der Waals surface area contributed by atoms with Gasteiger partial charge in [0.1, 0.15) is 5.69 Å². The van der Waals surface area contributed by atoms with Crippen molar-refractivity contribution in [2.24, 2.45) is 0 Å². The second-order valence-corrected chi connectivity index (χ2v) is 2.62. The van der Waals surface area contributed by atoms with E-state index < -0.39 is 7.12 Å². The fourth-order valence-electron chi connectivity index (χ4n) is 0.941. The lowest BCUT2D eigenvalue weighted by Gasteiger charge is -2.00. The van der Waals surface area contributed by atoms with E-state index in [1.165, 1.54) is 18.3 Å². The maximum absolute atomic E-state index is 11.2. The lowest BCUT2D eigenvalue weighted by atomic mass is 9.80. The van der Waals surface area contributed by atoms with Gasteiger partial charge in [-0.3, -0.25) is 9.78 Å². The van der Waals surface area contributed by atoms with Gasteiger partial charge in [-0.05, 0) is 17.6 Å². The average molecular weight is 179 g/mol. The second kappa shape index (κ2) is 4.16. The number of rotatable bonds is 3. The zero-order valence-electron chi connectivity index (χ0n) is 7.27. The molecule has 0 aliphatic carbocycles. The first-order valence-corrected chi connectivity index (χ1v) is 4.00. The van der Waals surface area contributed by atoms with E-state index in [2.05, 4.69) is 4.98 Å². The van der Waals surface area contributed by atoms with Crippen LogP contribution in [0, 0.1) is 0 Å². The largest absolute Gasteiger partial charge is 0.488 e. The van der Waals surface area contributed by atoms with Crippen LogP contribution in [0.4, 0.5) is 0 Å². The molecular weight excluding hydrogens is 169 g/mol. The number of hydrogen-bond donors (Lipinski definition) is 2. The van der Waals surface area contributed by atoms with Crippen LogP contribution in [-0.2, 0) is 0 Å².